The van der Waals surface area contributed by atoms with E-state index < -0.39 is 11.9 Å². The Morgan fingerprint density at radius 3 is 2.60 bits per heavy atom. The quantitative estimate of drug-likeness (QED) is 0.685. The summed E-state index contributed by atoms with van der Waals surface area (Å²) in [6, 6.07) is 6.85. The highest BCUT2D eigenvalue weighted by Gasteiger charge is 2.12. The molecule has 1 amide bonds. The summed E-state index contributed by atoms with van der Waals surface area (Å²) in [4.78, 5) is 35.2. The van der Waals surface area contributed by atoms with Crippen LogP contribution in [0.3, 0.4) is 0 Å². The van der Waals surface area contributed by atoms with Gasteiger partial charge in [0, 0.05) is 22.8 Å². The first-order valence-electron chi connectivity index (χ1n) is 7.53. The third-order valence-electron chi connectivity index (χ3n) is 3.54. The minimum atomic E-state index is -0.562. The number of carbonyl (C=O) groups is 2. The number of aryl methyl sites for hydroxylation is 2. The lowest BCUT2D eigenvalue weighted by atomic mass is 10.1. The molecule has 0 unspecified atom stereocenters. The van der Waals surface area contributed by atoms with Crippen LogP contribution in [0.2, 0.25) is 0 Å². The van der Waals surface area contributed by atoms with Gasteiger partial charge in [0.1, 0.15) is 5.82 Å². The van der Waals surface area contributed by atoms with Crippen molar-refractivity contribution in [2.24, 2.45) is 0 Å². The molecular weight excluding hydrogens is 340 g/mol. The normalized spacial score (nSPS) is 10.5. The maximum Gasteiger partial charge on any atom is 0.338 e. The van der Waals surface area contributed by atoms with Gasteiger partial charge in [-0.25, -0.2) is 14.8 Å². The predicted octanol–water partition coefficient (Wildman–Crippen LogP) is 2.95. The van der Waals surface area contributed by atoms with Gasteiger partial charge in [0.25, 0.3) is 5.91 Å². The maximum absolute atomic E-state index is 12.0. The Balaban J connectivity index is 1.58. The van der Waals surface area contributed by atoms with E-state index in [1.54, 1.807) is 35.8 Å². The van der Waals surface area contributed by atoms with Crippen LogP contribution in [0.15, 0.2) is 35.8 Å². The highest BCUT2D eigenvalue weighted by molar-refractivity contribution is 7.13. The fourth-order valence-electron chi connectivity index (χ4n) is 2.10. The van der Waals surface area contributed by atoms with Crippen molar-refractivity contribution in [3.8, 4) is 11.4 Å². The number of H-pyrrole nitrogens is 1. The summed E-state index contributed by atoms with van der Waals surface area (Å²) in [6.45, 7) is 3.52. The van der Waals surface area contributed by atoms with Crippen LogP contribution < -0.4 is 5.32 Å². The number of aromatic amines is 1. The molecule has 1 aromatic carbocycles. The second-order valence-corrected chi connectivity index (χ2v) is 6.23. The number of hydrogen-bond donors (Lipinski definition) is 2. The number of amides is 1. The molecule has 2 heterocycles. The Morgan fingerprint density at radius 2 is 2.00 bits per heavy atom. The van der Waals surface area contributed by atoms with Crippen molar-refractivity contribution in [1.82, 2.24) is 15.0 Å². The molecule has 0 aliphatic heterocycles. The molecule has 8 heteroatoms. The average Bonchev–Trinajstić information content (AvgIpc) is 3.23. The van der Waals surface area contributed by atoms with E-state index in [4.69, 9.17) is 4.74 Å². The summed E-state index contributed by atoms with van der Waals surface area (Å²) in [5.74, 6) is -0.244. The van der Waals surface area contributed by atoms with E-state index >= 15 is 0 Å². The monoisotopic (exact) mass is 356 g/mol. The van der Waals surface area contributed by atoms with E-state index in [9.17, 15) is 9.59 Å². The number of hydrogen-bond acceptors (Lipinski definition) is 6. The third-order valence-corrected chi connectivity index (χ3v) is 4.22. The molecule has 0 aliphatic rings. The highest BCUT2D eigenvalue weighted by Crippen LogP contribution is 2.18. The summed E-state index contributed by atoms with van der Waals surface area (Å²) in [5, 5.41) is 4.75. The molecule has 128 valence electrons. The Kier molecular flexibility index (Phi) is 4.90. The zero-order chi connectivity index (χ0) is 17.8. The number of esters is 1. The van der Waals surface area contributed by atoms with Crippen molar-refractivity contribution in [2.75, 3.05) is 11.9 Å². The molecule has 0 saturated carbocycles. The van der Waals surface area contributed by atoms with Crippen LogP contribution in [0.5, 0.6) is 0 Å². The summed E-state index contributed by atoms with van der Waals surface area (Å²) in [7, 11) is 0. The van der Waals surface area contributed by atoms with E-state index in [0.717, 1.165) is 22.8 Å². The first kappa shape index (κ1) is 16.8. The Labute approximate surface area is 148 Å². The fourth-order valence-corrected chi connectivity index (χ4v) is 2.65. The lowest BCUT2D eigenvalue weighted by Crippen LogP contribution is -2.20. The Bertz CT molecular complexity index is 866. The van der Waals surface area contributed by atoms with Crippen molar-refractivity contribution >= 4 is 28.3 Å². The van der Waals surface area contributed by atoms with Crippen LogP contribution in [0.25, 0.3) is 11.4 Å². The molecule has 0 radical (unpaired) electrons. The van der Waals surface area contributed by atoms with E-state index in [-0.39, 0.29) is 6.61 Å². The molecule has 0 atom stereocenters. The molecule has 3 rings (SSSR count). The number of nitrogens with zero attached hydrogens (tertiary/aromatic N) is 2. The number of rotatable bonds is 5. The van der Waals surface area contributed by atoms with E-state index in [1.807, 2.05) is 13.8 Å². The van der Waals surface area contributed by atoms with Crippen LogP contribution >= 0.6 is 11.3 Å². The van der Waals surface area contributed by atoms with Gasteiger partial charge < -0.3 is 9.72 Å². The molecule has 0 aliphatic carbocycles. The molecular formula is C17H16N4O3S. The van der Waals surface area contributed by atoms with Gasteiger partial charge in [-0.15, -0.1) is 11.3 Å². The molecule has 3 aromatic rings. The number of benzene rings is 1. The van der Waals surface area contributed by atoms with Crippen molar-refractivity contribution in [2.45, 2.75) is 13.8 Å². The second kappa shape index (κ2) is 7.27. The van der Waals surface area contributed by atoms with Crippen molar-refractivity contribution in [3.05, 3.63) is 52.8 Å². The average molecular weight is 356 g/mol. The SMILES string of the molecule is Cc1nc(-c2ccc(C(=O)OCC(=O)Nc3nccs3)cc2)[nH]c1C. The number of aromatic nitrogens is 3. The lowest BCUT2D eigenvalue weighted by molar-refractivity contribution is -0.119. The first-order valence-corrected chi connectivity index (χ1v) is 8.41. The number of carbonyl (C=O) groups excluding carboxylic acids is 2. The van der Waals surface area contributed by atoms with Gasteiger partial charge in [-0.2, -0.15) is 0 Å². The number of thiazole rings is 1. The van der Waals surface area contributed by atoms with Crippen LogP contribution in [-0.4, -0.2) is 33.4 Å². The summed E-state index contributed by atoms with van der Waals surface area (Å²) >= 11 is 1.29. The van der Waals surface area contributed by atoms with E-state index in [1.165, 1.54) is 11.3 Å². The van der Waals surface area contributed by atoms with Gasteiger partial charge in [0.15, 0.2) is 11.7 Å². The van der Waals surface area contributed by atoms with Gasteiger partial charge in [-0.3, -0.25) is 10.1 Å². The van der Waals surface area contributed by atoms with Gasteiger partial charge >= 0.3 is 5.97 Å². The second-order valence-electron chi connectivity index (χ2n) is 5.33. The van der Waals surface area contributed by atoms with Crippen LogP contribution in [0, 0.1) is 13.8 Å². The molecule has 7 nitrogen and oxygen atoms in total. The third kappa shape index (κ3) is 4.10. The Morgan fingerprint density at radius 1 is 1.24 bits per heavy atom. The van der Waals surface area contributed by atoms with Crippen LogP contribution in [0.4, 0.5) is 5.13 Å². The Hall–Kier alpha value is -3.00. The van der Waals surface area contributed by atoms with E-state index in [2.05, 4.69) is 20.3 Å². The van der Waals surface area contributed by atoms with Crippen LogP contribution in [-0.2, 0) is 9.53 Å². The predicted molar refractivity (Wildman–Crippen MR) is 94.5 cm³/mol. The highest BCUT2D eigenvalue weighted by atomic mass is 32.1. The number of anilines is 1. The molecule has 25 heavy (non-hydrogen) atoms. The largest absolute Gasteiger partial charge is 0.452 e. The smallest absolute Gasteiger partial charge is 0.338 e. The lowest BCUT2D eigenvalue weighted by Gasteiger charge is -2.05. The van der Waals surface area contributed by atoms with Crippen molar-refractivity contribution < 1.29 is 14.3 Å². The van der Waals surface area contributed by atoms with Gasteiger partial charge in [0.2, 0.25) is 0 Å². The number of imidazole rings is 1. The molecule has 0 bridgehead atoms. The summed E-state index contributed by atoms with van der Waals surface area (Å²) < 4.78 is 5.01. The zero-order valence-corrected chi connectivity index (χ0v) is 14.5. The standard InChI is InChI=1S/C17H16N4O3S/c1-10-11(2)20-15(19-10)12-3-5-13(6-4-12)16(23)24-9-14(22)21-17-18-7-8-25-17/h3-8H,9H2,1-2H3,(H,19,20)(H,18,21,22). The fraction of sp³-hybridized carbons (Fsp3) is 0.176. The molecule has 0 fully saturated rings. The molecule has 0 spiro atoms. The molecule has 0 saturated heterocycles. The maximum atomic E-state index is 12.0. The number of nitrogens with one attached hydrogen (secondary N) is 2. The molecule has 2 N–H and O–H groups in total. The summed E-state index contributed by atoms with van der Waals surface area (Å²) in [5.41, 5.74) is 3.18. The van der Waals surface area contributed by atoms with Gasteiger partial charge in [0.05, 0.1) is 11.3 Å². The van der Waals surface area contributed by atoms with Crippen LogP contribution in [0.1, 0.15) is 21.7 Å². The number of ether oxygens (including phenoxy) is 1. The summed E-state index contributed by atoms with van der Waals surface area (Å²) in [6.07, 6.45) is 1.58. The minimum Gasteiger partial charge on any atom is -0.452 e. The van der Waals surface area contributed by atoms with Gasteiger partial charge in [-0.1, -0.05) is 12.1 Å². The zero-order valence-electron chi connectivity index (χ0n) is 13.7. The first-order chi connectivity index (χ1) is 12.0. The van der Waals surface area contributed by atoms with E-state index in [0.29, 0.717) is 10.7 Å². The molecule has 2 aromatic heterocycles. The minimum absolute atomic E-state index is 0.364. The van der Waals surface area contributed by atoms with Gasteiger partial charge in [-0.05, 0) is 26.0 Å². The topological polar surface area (TPSA) is 97.0 Å². The van der Waals surface area contributed by atoms with Crippen molar-refractivity contribution in [1.29, 1.82) is 0 Å². The van der Waals surface area contributed by atoms with Crippen molar-refractivity contribution in [3.63, 3.8) is 0 Å².